The first-order valence-corrected chi connectivity index (χ1v) is 6.32. The Morgan fingerprint density at radius 3 is 3.00 bits per heavy atom. The number of para-hydroxylation sites is 1. The van der Waals surface area contributed by atoms with Crippen molar-refractivity contribution < 1.29 is 4.79 Å². The number of primary amides is 1. The number of nitrogens with one attached hydrogen (secondary N) is 1. The maximum Gasteiger partial charge on any atom is 0.219 e. The van der Waals surface area contributed by atoms with Crippen molar-refractivity contribution in [3.05, 3.63) is 35.2 Å². The second-order valence-electron chi connectivity index (χ2n) is 4.34. The third kappa shape index (κ3) is 2.00. The molecule has 1 aromatic carbocycles. The molecule has 0 bridgehead atoms. The van der Waals surface area contributed by atoms with Crippen LogP contribution in [0.1, 0.15) is 6.42 Å². The third-order valence-corrected chi connectivity index (χ3v) is 3.41. The number of carbonyl (C=O) groups is 1. The lowest BCUT2D eigenvalue weighted by Crippen LogP contribution is -2.14. The lowest BCUT2D eigenvalue weighted by atomic mass is 10.2. The summed E-state index contributed by atoms with van der Waals surface area (Å²) in [5, 5.41) is 1.01. The molecule has 0 spiro atoms. The van der Waals surface area contributed by atoms with Crippen LogP contribution in [0.3, 0.4) is 0 Å². The summed E-state index contributed by atoms with van der Waals surface area (Å²) in [5.74, 6) is -0.338. The summed E-state index contributed by atoms with van der Waals surface area (Å²) >= 11 is 5.30. The number of hydrogen-bond acceptors (Lipinski definition) is 3. The van der Waals surface area contributed by atoms with Crippen molar-refractivity contribution in [3.8, 4) is 0 Å². The predicted molar refractivity (Wildman–Crippen MR) is 76.2 cm³/mol. The van der Waals surface area contributed by atoms with Crippen LogP contribution >= 0.6 is 12.2 Å². The van der Waals surface area contributed by atoms with Gasteiger partial charge in [0.2, 0.25) is 5.91 Å². The minimum atomic E-state index is -0.338. The zero-order valence-electron chi connectivity index (χ0n) is 10.1. The van der Waals surface area contributed by atoms with Gasteiger partial charge in [0.1, 0.15) is 0 Å². The molecule has 0 aliphatic heterocycles. The summed E-state index contributed by atoms with van der Waals surface area (Å²) in [4.78, 5) is 18.4. The molecule has 2 aromatic heterocycles. The Labute approximate surface area is 114 Å². The number of nitrogens with zero attached hydrogens (tertiary/aromatic N) is 2. The summed E-state index contributed by atoms with van der Waals surface area (Å²) in [5.41, 5.74) is 7.94. The van der Waals surface area contributed by atoms with Gasteiger partial charge in [-0.1, -0.05) is 18.2 Å². The Bertz CT molecular complexity index is 833. The standard InChI is InChI=1S/C13H12N4OS/c14-11(18)5-6-17-12-8-3-1-2-4-9(8)15-7-10(12)16-13(17)19/h1-4,7H,5-6H2,(H2,14,18)(H,16,19). The number of rotatable bonds is 3. The van der Waals surface area contributed by atoms with E-state index in [1.165, 1.54) is 0 Å². The number of imidazole rings is 1. The third-order valence-electron chi connectivity index (χ3n) is 3.09. The number of nitrogens with two attached hydrogens (primary N) is 1. The molecule has 0 aliphatic carbocycles. The van der Waals surface area contributed by atoms with Crippen LogP contribution in [0.15, 0.2) is 30.5 Å². The van der Waals surface area contributed by atoms with Gasteiger partial charge < -0.3 is 15.3 Å². The molecule has 0 radical (unpaired) electrons. The van der Waals surface area contributed by atoms with E-state index in [0.29, 0.717) is 11.3 Å². The molecule has 3 aromatic rings. The van der Waals surface area contributed by atoms with E-state index in [-0.39, 0.29) is 12.3 Å². The number of carbonyl (C=O) groups excluding carboxylic acids is 1. The van der Waals surface area contributed by atoms with Crippen LogP contribution in [0.5, 0.6) is 0 Å². The highest BCUT2D eigenvalue weighted by Gasteiger charge is 2.09. The van der Waals surface area contributed by atoms with Gasteiger partial charge in [0.15, 0.2) is 4.77 Å². The smallest absolute Gasteiger partial charge is 0.219 e. The molecule has 96 valence electrons. The second-order valence-corrected chi connectivity index (χ2v) is 4.72. The first-order chi connectivity index (χ1) is 9.16. The molecule has 0 aliphatic rings. The highest BCUT2D eigenvalue weighted by atomic mass is 32.1. The van der Waals surface area contributed by atoms with E-state index in [2.05, 4.69) is 9.97 Å². The van der Waals surface area contributed by atoms with Gasteiger partial charge in [0.05, 0.1) is 22.7 Å². The summed E-state index contributed by atoms with van der Waals surface area (Å²) < 4.78 is 2.48. The van der Waals surface area contributed by atoms with E-state index in [0.717, 1.165) is 21.9 Å². The Morgan fingerprint density at radius 1 is 1.42 bits per heavy atom. The zero-order chi connectivity index (χ0) is 13.4. The first-order valence-electron chi connectivity index (χ1n) is 5.91. The fourth-order valence-corrected chi connectivity index (χ4v) is 2.52. The van der Waals surface area contributed by atoms with Gasteiger partial charge in [0, 0.05) is 18.4 Å². The van der Waals surface area contributed by atoms with Gasteiger partial charge in [-0.15, -0.1) is 0 Å². The molecule has 5 nitrogen and oxygen atoms in total. The summed E-state index contributed by atoms with van der Waals surface area (Å²) in [6, 6.07) is 7.84. The normalized spacial score (nSPS) is 11.2. The lowest BCUT2D eigenvalue weighted by molar-refractivity contribution is -0.118. The maximum absolute atomic E-state index is 11.0. The number of aryl methyl sites for hydroxylation is 1. The predicted octanol–water partition coefficient (Wildman–Crippen LogP) is 2.12. The van der Waals surface area contributed by atoms with Crippen LogP contribution < -0.4 is 5.73 Å². The Hall–Kier alpha value is -2.21. The quantitative estimate of drug-likeness (QED) is 0.717. The summed E-state index contributed by atoms with van der Waals surface area (Å²) in [7, 11) is 0. The van der Waals surface area contributed by atoms with Gasteiger partial charge >= 0.3 is 0 Å². The van der Waals surface area contributed by atoms with Gasteiger partial charge in [0.25, 0.3) is 0 Å². The minimum Gasteiger partial charge on any atom is -0.370 e. The molecule has 1 amide bonds. The van der Waals surface area contributed by atoms with Crippen LogP contribution in [0, 0.1) is 4.77 Å². The fraction of sp³-hybridized carbons (Fsp3) is 0.154. The fourth-order valence-electron chi connectivity index (χ4n) is 2.23. The molecule has 0 saturated heterocycles. The van der Waals surface area contributed by atoms with Crippen molar-refractivity contribution in [2.24, 2.45) is 5.73 Å². The van der Waals surface area contributed by atoms with Gasteiger partial charge in [-0.2, -0.15) is 0 Å². The Morgan fingerprint density at radius 2 is 2.21 bits per heavy atom. The van der Waals surface area contributed by atoms with Crippen molar-refractivity contribution in [3.63, 3.8) is 0 Å². The van der Waals surface area contributed by atoms with Crippen LogP contribution in [0.2, 0.25) is 0 Å². The number of hydrogen-bond donors (Lipinski definition) is 2. The number of H-pyrrole nitrogens is 1. The molecule has 0 unspecified atom stereocenters. The number of fused-ring (bicyclic) bond motifs is 3. The number of aromatic amines is 1. The summed E-state index contributed by atoms with van der Waals surface area (Å²) in [6.07, 6.45) is 2.02. The topological polar surface area (TPSA) is 76.7 Å². The van der Waals surface area contributed by atoms with Gasteiger partial charge in [-0.3, -0.25) is 9.78 Å². The van der Waals surface area contributed by atoms with E-state index in [9.17, 15) is 4.79 Å². The minimum absolute atomic E-state index is 0.262. The van der Waals surface area contributed by atoms with E-state index in [4.69, 9.17) is 18.0 Å². The first kappa shape index (κ1) is 11.9. The van der Waals surface area contributed by atoms with Crippen molar-refractivity contribution in [1.29, 1.82) is 0 Å². The van der Waals surface area contributed by atoms with Crippen LogP contribution in [0.4, 0.5) is 0 Å². The molecule has 0 atom stereocenters. The number of pyridine rings is 1. The lowest BCUT2D eigenvalue weighted by Gasteiger charge is -2.05. The van der Waals surface area contributed by atoms with E-state index in [1.54, 1.807) is 6.20 Å². The van der Waals surface area contributed by atoms with E-state index in [1.807, 2.05) is 28.8 Å². The average molecular weight is 272 g/mol. The van der Waals surface area contributed by atoms with Crippen molar-refractivity contribution >= 4 is 40.1 Å². The van der Waals surface area contributed by atoms with Crippen LogP contribution in [-0.4, -0.2) is 20.4 Å². The highest BCUT2D eigenvalue weighted by molar-refractivity contribution is 7.71. The summed E-state index contributed by atoms with van der Waals surface area (Å²) in [6.45, 7) is 0.474. The van der Waals surface area contributed by atoms with Crippen LogP contribution in [-0.2, 0) is 11.3 Å². The Balaban J connectivity index is 2.30. The SMILES string of the molecule is NC(=O)CCn1c(=S)[nH]c2cnc3ccccc3c21. The average Bonchev–Trinajstić information content (AvgIpc) is 2.72. The Kier molecular flexibility index (Phi) is 2.79. The highest BCUT2D eigenvalue weighted by Crippen LogP contribution is 2.23. The van der Waals surface area contributed by atoms with Gasteiger partial charge in [-0.25, -0.2) is 0 Å². The van der Waals surface area contributed by atoms with E-state index >= 15 is 0 Å². The number of aromatic nitrogens is 3. The molecule has 0 fully saturated rings. The van der Waals surface area contributed by atoms with Crippen LogP contribution in [0.25, 0.3) is 21.9 Å². The number of benzene rings is 1. The zero-order valence-corrected chi connectivity index (χ0v) is 10.9. The van der Waals surface area contributed by atoms with Crippen molar-refractivity contribution in [2.45, 2.75) is 13.0 Å². The number of amides is 1. The van der Waals surface area contributed by atoms with Gasteiger partial charge in [-0.05, 0) is 18.3 Å². The largest absolute Gasteiger partial charge is 0.370 e. The van der Waals surface area contributed by atoms with Crippen molar-refractivity contribution in [2.75, 3.05) is 0 Å². The van der Waals surface area contributed by atoms with E-state index < -0.39 is 0 Å². The molecule has 6 heteroatoms. The molecular formula is C13H12N4OS. The molecule has 3 N–H and O–H groups in total. The molecular weight excluding hydrogens is 260 g/mol. The molecule has 2 heterocycles. The molecule has 3 rings (SSSR count). The van der Waals surface area contributed by atoms with Crippen molar-refractivity contribution in [1.82, 2.24) is 14.5 Å². The monoisotopic (exact) mass is 272 g/mol. The maximum atomic E-state index is 11.0. The molecule has 0 saturated carbocycles. The second kappa shape index (κ2) is 4.47. The molecule has 19 heavy (non-hydrogen) atoms.